The van der Waals surface area contributed by atoms with E-state index < -0.39 is 0 Å². The number of carbonyl (C=O) groups is 1. The van der Waals surface area contributed by atoms with Gasteiger partial charge in [-0.25, -0.2) is 0 Å². The molecular formula is C12H23N3O. The van der Waals surface area contributed by atoms with Gasteiger partial charge >= 0.3 is 0 Å². The van der Waals surface area contributed by atoms with E-state index in [4.69, 9.17) is 0 Å². The first-order valence-electron chi connectivity index (χ1n) is 5.50. The second-order valence-electron chi connectivity index (χ2n) is 3.57. The Morgan fingerprint density at radius 1 is 1.25 bits per heavy atom. The molecule has 2 atom stereocenters. The smallest absolute Gasteiger partial charge is 0.121 e. The van der Waals surface area contributed by atoms with Crippen LogP contribution in [0.15, 0.2) is 24.4 Å². The van der Waals surface area contributed by atoms with E-state index in [2.05, 4.69) is 22.5 Å². The highest BCUT2D eigenvalue weighted by molar-refractivity contribution is 5.51. The lowest BCUT2D eigenvalue weighted by Crippen LogP contribution is -2.29. The molecule has 0 aliphatic carbocycles. The molecule has 4 nitrogen and oxygen atoms in total. The molecule has 0 heterocycles. The van der Waals surface area contributed by atoms with E-state index in [0.29, 0.717) is 6.42 Å². The quantitative estimate of drug-likeness (QED) is 0.393. The number of rotatable bonds is 9. The van der Waals surface area contributed by atoms with Crippen LogP contribution in [-0.4, -0.2) is 39.5 Å². The first-order valence-corrected chi connectivity index (χ1v) is 5.50. The second-order valence-corrected chi connectivity index (χ2v) is 3.57. The number of nitrogens with one attached hydrogen (secondary N) is 3. The Morgan fingerprint density at radius 2 is 1.88 bits per heavy atom. The molecule has 0 aliphatic heterocycles. The minimum absolute atomic E-state index is 0.0854. The molecule has 3 N–H and O–H groups in total. The van der Waals surface area contributed by atoms with Crippen molar-refractivity contribution in [2.24, 2.45) is 0 Å². The van der Waals surface area contributed by atoms with E-state index in [9.17, 15) is 4.79 Å². The highest BCUT2D eigenvalue weighted by atomic mass is 16.1. The van der Waals surface area contributed by atoms with Gasteiger partial charge in [-0.2, -0.15) is 0 Å². The topological polar surface area (TPSA) is 53.2 Å². The highest BCUT2D eigenvalue weighted by Gasteiger charge is 2.07. The van der Waals surface area contributed by atoms with Crippen molar-refractivity contribution >= 4 is 6.29 Å². The molecule has 0 rings (SSSR count). The molecule has 4 heteroatoms. The van der Waals surface area contributed by atoms with Gasteiger partial charge in [0, 0.05) is 37.7 Å². The van der Waals surface area contributed by atoms with Crippen LogP contribution >= 0.6 is 0 Å². The fourth-order valence-electron chi connectivity index (χ4n) is 1.41. The van der Waals surface area contributed by atoms with Crippen molar-refractivity contribution < 1.29 is 4.79 Å². The lowest BCUT2D eigenvalue weighted by Gasteiger charge is -2.16. The minimum Gasteiger partial charge on any atom is -0.392 e. The van der Waals surface area contributed by atoms with Crippen LogP contribution in [0.2, 0.25) is 0 Å². The molecular weight excluding hydrogens is 202 g/mol. The van der Waals surface area contributed by atoms with Crippen molar-refractivity contribution in [3.05, 3.63) is 24.4 Å². The summed E-state index contributed by atoms with van der Waals surface area (Å²) in [6, 6.07) is 0.328. The van der Waals surface area contributed by atoms with Crippen LogP contribution in [0, 0.1) is 0 Å². The zero-order valence-corrected chi connectivity index (χ0v) is 10.4. The van der Waals surface area contributed by atoms with Gasteiger partial charge in [0.1, 0.15) is 6.29 Å². The first-order chi connectivity index (χ1) is 7.71. The molecule has 0 spiro atoms. The summed E-state index contributed by atoms with van der Waals surface area (Å²) < 4.78 is 0. The van der Waals surface area contributed by atoms with Gasteiger partial charge in [-0.05, 0) is 20.2 Å². The Labute approximate surface area is 98.2 Å². The maximum absolute atomic E-state index is 10.5. The van der Waals surface area contributed by atoms with E-state index in [1.165, 1.54) is 0 Å². The molecule has 2 unspecified atom stereocenters. The van der Waals surface area contributed by atoms with Gasteiger partial charge in [-0.15, -0.1) is 6.58 Å². The van der Waals surface area contributed by atoms with E-state index in [-0.39, 0.29) is 12.1 Å². The van der Waals surface area contributed by atoms with Crippen LogP contribution < -0.4 is 16.0 Å². The predicted octanol–water partition coefficient (Wildman–Crippen LogP) is 0.431. The van der Waals surface area contributed by atoms with E-state index in [1.54, 1.807) is 0 Å². The van der Waals surface area contributed by atoms with Crippen LogP contribution in [0.3, 0.4) is 0 Å². The maximum Gasteiger partial charge on any atom is 0.121 e. The van der Waals surface area contributed by atoms with Crippen LogP contribution in [0.5, 0.6) is 0 Å². The van der Waals surface area contributed by atoms with Crippen LogP contribution in [0.1, 0.15) is 12.8 Å². The largest absolute Gasteiger partial charge is 0.392 e. The summed E-state index contributed by atoms with van der Waals surface area (Å²) >= 11 is 0. The summed E-state index contributed by atoms with van der Waals surface area (Å²) in [5, 5.41) is 9.38. The summed E-state index contributed by atoms with van der Waals surface area (Å²) in [7, 11) is 5.64. The van der Waals surface area contributed by atoms with Crippen molar-refractivity contribution in [1.82, 2.24) is 16.0 Å². The van der Waals surface area contributed by atoms with Gasteiger partial charge in [0.25, 0.3) is 0 Å². The van der Waals surface area contributed by atoms with Crippen molar-refractivity contribution in [3.63, 3.8) is 0 Å². The van der Waals surface area contributed by atoms with Gasteiger partial charge in [0.05, 0.1) is 0 Å². The molecule has 0 aromatic carbocycles. The van der Waals surface area contributed by atoms with Gasteiger partial charge < -0.3 is 20.7 Å². The highest BCUT2D eigenvalue weighted by Crippen LogP contribution is 2.05. The standard InChI is InChI=1S/C12H23N3O/c1-5-10(13-2)8-12(15-4)9-11(14-3)6-7-16/h5,7,9-11,13-15H,1,6,8H2,2-4H3. The summed E-state index contributed by atoms with van der Waals surface area (Å²) in [5.41, 5.74) is 1.10. The molecule has 0 aromatic rings. The molecule has 92 valence electrons. The monoisotopic (exact) mass is 225 g/mol. The van der Waals surface area contributed by atoms with Gasteiger partial charge in [0.15, 0.2) is 0 Å². The maximum atomic E-state index is 10.5. The molecule has 0 saturated heterocycles. The molecule has 0 radical (unpaired) electrons. The van der Waals surface area contributed by atoms with E-state index >= 15 is 0 Å². The summed E-state index contributed by atoms with van der Waals surface area (Å²) in [5.74, 6) is 0. The molecule has 0 bridgehead atoms. The van der Waals surface area contributed by atoms with Crippen LogP contribution in [0.4, 0.5) is 0 Å². The Bertz CT molecular complexity index is 238. The van der Waals surface area contributed by atoms with Crippen molar-refractivity contribution in [2.45, 2.75) is 24.9 Å². The Morgan fingerprint density at radius 3 is 2.25 bits per heavy atom. The fraction of sp³-hybridized carbons (Fsp3) is 0.583. The van der Waals surface area contributed by atoms with Crippen molar-refractivity contribution in [2.75, 3.05) is 21.1 Å². The summed E-state index contributed by atoms with van der Waals surface area (Å²) in [6.45, 7) is 3.77. The number of hydrogen-bond acceptors (Lipinski definition) is 4. The summed E-state index contributed by atoms with van der Waals surface area (Å²) in [6.07, 6.45) is 6.17. The lowest BCUT2D eigenvalue weighted by atomic mass is 10.1. The van der Waals surface area contributed by atoms with Crippen molar-refractivity contribution in [3.8, 4) is 0 Å². The molecule has 0 fully saturated rings. The molecule has 0 aliphatic rings. The normalized spacial score (nSPS) is 15.3. The van der Waals surface area contributed by atoms with Gasteiger partial charge in [0.2, 0.25) is 0 Å². The Kier molecular flexibility index (Phi) is 8.48. The Hall–Kier alpha value is -1.13. The third kappa shape index (κ3) is 5.68. The zero-order chi connectivity index (χ0) is 12.4. The summed E-state index contributed by atoms with van der Waals surface area (Å²) in [4.78, 5) is 10.5. The van der Waals surface area contributed by atoms with Crippen molar-refractivity contribution in [1.29, 1.82) is 0 Å². The number of aldehydes is 1. The van der Waals surface area contributed by atoms with Crippen LogP contribution in [0.25, 0.3) is 0 Å². The molecule has 0 aromatic heterocycles. The number of hydrogen-bond donors (Lipinski definition) is 3. The SMILES string of the molecule is C=CC(CC(=CC(CC=O)NC)NC)NC. The second kappa shape index (κ2) is 9.12. The van der Waals surface area contributed by atoms with Gasteiger partial charge in [-0.1, -0.05) is 6.08 Å². The van der Waals surface area contributed by atoms with Crippen LogP contribution in [-0.2, 0) is 4.79 Å². The lowest BCUT2D eigenvalue weighted by molar-refractivity contribution is -0.108. The first kappa shape index (κ1) is 14.9. The molecule has 16 heavy (non-hydrogen) atoms. The third-order valence-corrected chi connectivity index (χ3v) is 2.54. The average molecular weight is 225 g/mol. The minimum atomic E-state index is 0.0854. The number of carbonyl (C=O) groups excluding carboxylic acids is 1. The number of likely N-dealkylation sites (N-methyl/N-ethyl adjacent to an activating group) is 2. The van der Waals surface area contributed by atoms with Gasteiger partial charge in [-0.3, -0.25) is 0 Å². The third-order valence-electron chi connectivity index (χ3n) is 2.54. The molecule has 0 saturated carbocycles. The zero-order valence-electron chi connectivity index (χ0n) is 10.4. The predicted molar refractivity (Wildman–Crippen MR) is 68.3 cm³/mol. The molecule has 0 amide bonds. The van der Waals surface area contributed by atoms with E-state index in [1.807, 2.05) is 33.3 Å². The Balaban J connectivity index is 4.48. The fourth-order valence-corrected chi connectivity index (χ4v) is 1.41. The van der Waals surface area contributed by atoms with E-state index in [0.717, 1.165) is 18.4 Å². The average Bonchev–Trinajstić information content (AvgIpc) is 2.33.